The molecule has 0 rings (SSSR count). The zero-order chi connectivity index (χ0) is 24.3. The Balaban J connectivity index is 5.53. The molecule has 0 aromatic rings. The van der Waals surface area contributed by atoms with Crippen molar-refractivity contribution in [3.8, 4) is 0 Å². The minimum Gasteiger partial charge on any atom is -0.480 e. The third-order valence-corrected chi connectivity index (χ3v) is 5.19. The highest BCUT2D eigenvalue weighted by Gasteiger charge is 2.33. The largest absolute Gasteiger partial charge is 0.480 e. The quantitative estimate of drug-likeness (QED) is 0.155. The molecule has 6 atom stereocenters. The van der Waals surface area contributed by atoms with Crippen LogP contribution in [-0.2, 0) is 24.0 Å². The second-order valence-electron chi connectivity index (χ2n) is 7.60. The molecule has 9 N–H and O–H groups in total. The summed E-state index contributed by atoms with van der Waals surface area (Å²) in [4.78, 5) is 60.1. The molecule has 0 aliphatic carbocycles. The summed E-state index contributed by atoms with van der Waals surface area (Å²) in [7, 11) is 0. The predicted molar refractivity (Wildman–Crippen MR) is 111 cm³/mol. The average molecular weight is 446 g/mol. The molecular formula is C19H35N5O7. The highest BCUT2D eigenvalue weighted by Crippen LogP contribution is 2.11. The molecule has 0 heterocycles. The van der Waals surface area contributed by atoms with Gasteiger partial charge in [-0.05, 0) is 11.8 Å². The van der Waals surface area contributed by atoms with Gasteiger partial charge in [-0.3, -0.25) is 19.2 Å². The Kier molecular flexibility index (Phi) is 12.4. The maximum atomic E-state index is 12.9. The van der Waals surface area contributed by atoms with Crippen LogP contribution in [0.15, 0.2) is 0 Å². The number of carbonyl (C=O) groups excluding carboxylic acids is 4. The number of carboxylic acids is 1. The van der Waals surface area contributed by atoms with Crippen molar-refractivity contribution in [2.75, 3.05) is 6.61 Å². The SMILES string of the molecule is CCC(C)C(N)C(=O)NC(C(=O)NC(CC(N)=O)C(=O)NC(CO)C(=O)O)C(C)CC. The number of carbonyl (C=O) groups is 5. The number of primary amides is 1. The van der Waals surface area contributed by atoms with Crippen molar-refractivity contribution in [2.24, 2.45) is 23.3 Å². The summed E-state index contributed by atoms with van der Waals surface area (Å²) in [6.07, 6.45) is 0.559. The number of aliphatic hydroxyl groups excluding tert-OH is 1. The molecule has 0 aromatic heterocycles. The second-order valence-corrected chi connectivity index (χ2v) is 7.60. The van der Waals surface area contributed by atoms with E-state index in [1.807, 2.05) is 12.2 Å². The van der Waals surface area contributed by atoms with Crippen molar-refractivity contribution in [3.05, 3.63) is 0 Å². The van der Waals surface area contributed by atoms with Crippen LogP contribution in [0.5, 0.6) is 0 Å². The van der Waals surface area contributed by atoms with Crippen LogP contribution in [-0.4, -0.2) is 70.6 Å². The summed E-state index contributed by atoms with van der Waals surface area (Å²) in [6, 6.07) is -5.01. The Bertz CT molecular complexity index is 658. The van der Waals surface area contributed by atoms with Gasteiger partial charge in [0.05, 0.1) is 19.1 Å². The van der Waals surface area contributed by atoms with Crippen molar-refractivity contribution in [2.45, 2.75) is 71.1 Å². The molecule has 178 valence electrons. The number of rotatable bonds is 14. The molecule has 0 aromatic carbocycles. The van der Waals surface area contributed by atoms with E-state index in [4.69, 9.17) is 21.7 Å². The van der Waals surface area contributed by atoms with Gasteiger partial charge < -0.3 is 37.6 Å². The monoisotopic (exact) mass is 445 g/mol. The maximum Gasteiger partial charge on any atom is 0.328 e. The number of nitrogens with one attached hydrogen (secondary N) is 3. The van der Waals surface area contributed by atoms with Crippen LogP contribution in [0.2, 0.25) is 0 Å². The predicted octanol–water partition coefficient (Wildman–Crippen LogP) is -2.19. The summed E-state index contributed by atoms with van der Waals surface area (Å²) in [5, 5.41) is 25.0. The van der Waals surface area contributed by atoms with E-state index in [9.17, 15) is 24.0 Å². The van der Waals surface area contributed by atoms with Gasteiger partial charge in [0.2, 0.25) is 23.6 Å². The first-order valence-corrected chi connectivity index (χ1v) is 10.2. The first-order valence-electron chi connectivity index (χ1n) is 10.2. The van der Waals surface area contributed by atoms with Crippen LogP contribution in [0, 0.1) is 11.8 Å². The Morgan fingerprint density at radius 1 is 0.839 bits per heavy atom. The van der Waals surface area contributed by atoms with Gasteiger partial charge in [-0.25, -0.2) is 4.79 Å². The van der Waals surface area contributed by atoms with E-state index >= 15 is 0 Å². The van der Waals surface area contributed by atoms with Crippen LogP contribution in [0.25, 0.3) is 0 Å². The highest BCUT2D eigenvalue weighted by molar-refractivity contribution is 5.96. The van der Waals surface area contributed by atoms with Crippen LogP contribution in [0.1, 0.15) is 47.0 Å². The van der Waals surface area contributed by atoms with E-state index in [0.29, 0.717) is 12.8 Å². The molecule has 0 saturated heterocycles. The molecule has 0 saturated carbocycles. The minimum atomic E-state index is -1.63. The zero-order valence-electron chi connectivity index (χ0n) is 18.4. The maximum absolute atomic E-state index is 12.9. The van der Waals surface area contributed by atoms with Gasteiger partial charge >= 0.3 is 5.97 Å². The van der Waals surface area contributed by atoms with E-state index in [0.717, 1.165) is 0 Å². The van der Waals surface area contributed by atoms with Crippen molar-refractivity contribution in [1.29, 1.82) is 0 Å². The molecule has 12 nitrogen and oxygen atoms in total. The number of hydrogen-bond donors (Lipinski definition) is 7. The van der Waals surface area contributed by atoms with Crippen LogP contribution >= 0.6 is 0 Å². The van der Waals surface area contributed by atoms with Crippen molar-refractivity contribution < 1.29 is 34.2 Å². The molecule has 0 fully saturated rings. The lowest BCUT2D eigenvalue weighted by Crippen LogP contribution is -2.59. The first kappa shape index (κ1) is 28.3. The number of hydrogen-bond acceptors (Lipinski definition) is 7. The Morgan fingerprint density at radius 3 is 1.77 bits per heavy atom. The Hall–Kier alpha value is -2.73. The van der Waals surface area contributed by atoms with Gasteiger partial charge in [-0.15, -0.1) is 0 Å². The van der Waals surface area contributed by atoms with Gasteiger partial charge in [0, 0.05) is 0 Å². The minimum absolute atomic E-state index is 0.125. The lowest BCUT2D eigenvalue weighted by atomic mass is 9.95. The van der Waals surface area contributed by atoms with E-state index in [-0.39, 0.29) is 11.8 Å². The van der Waals surface area contributed by atoms with Crippen molar-refractivity contribution in [3.63, 3.8) is 0 Å². The Labute approximate surface area is 181 Å². The molecule has 6 unspecified atom stereocenters. The first-order chi connectivity index (χ1) is 14.4. The number of amides is 4. The summed E-state index contributed by atoms with van der Waals surface area (Å²) in [6.45, 7) is 6.31. The van der Waals surface area contributed by atoms with Gasteiger partial charge in [-0.1, -0.05) is 40.5 Å². The Morgan fingerprint density at radius 2 is 1.35 bits per heavy atom. The van der Waals surface area contributed by atoms with Crippen LogP contribution < -0.4 is 27.4 Å². The van der Waals surface area contributed by atoms with Crippen molar-refractivity contribution >= 4 is 29.6 Å². The highest BCUT2D eigenvalue weighted by atomic mass is 16.4. The molecule has 12 heteroatoms. The fourth-order valence-electron chi connectivity index (χ4n) is 2.59. The third kappa shape index (κ3) is 9.30. The van der Waals surface area contributed by atoms with Gasteiger partial charge in [0.15, 0.2) is 0 Å². The number of nitrogens with two attached hydrogens (primary N) is 2. The molecule has 0 radical (unpaired) electrons. The fourth-order valence-corrected chi connectivity index (χ4v) is 2.59. The van der Waals surface area contributed by atoms with E-state index in [1.165, 1.54) is 0 Å². The summed E-state index contributed by atoms with van der Waals surface area (Å²) in [5.74, 6) is -5.18. The molecule has 0 aliphatic rings. The van der Waals surface area contributed by atoms with Crippen LogP contribution in [0.3, 0.4) is 0 Å². The second kappa shape index (κ2) is 13.5. The van der Waals surface area contributed by atoms with Crippen molar-refractivity contribution in [1.82, 2.24) is 16.0 Å². The summed E-state index contributed by atoms with van der Waals surface area (Å²) >= 11 is 0. The number of aliphatic carboxylic acids is 1. The lowest BCUT2D eigenvalue weighted by molar-refractivity contribution is -0.143. The van der Waals surface area contributed by atoms with E-state index in [1.54, 1.807) is 20.8 Å². The topological polar surface area (TPSA) is 214 Å². The zero-order valence-corrected chi connectivity index (χ0v) is 18.4. The number of aliphatic hydroxyl groups is 1. The van der Waals surface area contributed by atoms with Crippen LogP contribution in [0.4, 0.5) is 0 Å². The fraction of sp³-hybridized carbons (Fsp3) is 0.737. The average Bonchev–Trinajstić information content (AvgIpc) is 2.72. The normalized spacial score (nSPS) is 16.7. The molecule has 0 spiro atoms. The van der Waals surface area contributed by atoms with Gasteiger partial charge in [0.1, 0.15) is 18.1 Å². The molecule has 31 heavy (non-hydrogen) atoms. The number of carboxylic acid groups (broad SMARTS) is 1. The third-order valence-electron chi connectivity index (χ3n) is 5.19. The molecule has 0 aliphatic heterocycles. The standard InChI is InChI=1S/C19H35N5O7/c1-5-9(3)14(21)17(28)24-15(10(4)6-2)18(29)22-11(7-13(20)26)16(27)23-12(8-25)19(30)31/h9-12,14-15,25H,5-8,21H2,1-4H3,(H2,20,26)(H,22,29)(H,23,27)(H,24,28)(H,30,31). The van der Waals surface area contributed by atoms with Gasteiger partial charge in [0.25, 0.3) is 0 Å². The summed E-state index contributed by atoms with van der Waals surface area (Å²) < 4.78 is 0. The smallest absolute Gasteiger partial charge is 0.328 e. The molecular weight excluding hydrogens is 410 g/mol. The lowest BCUT2D eigenvalue weighted by Gasteiger charge is -2.28. The summed E-state index contributed by atoms with van der Waals surface area (Å²) in [5.41, 5.74) is 11.1. The van der Waals surface area contributed by atoms with E-state index in [2.05, 4.69) is 10.6 Å². The molecule has 0 bridgehead atoms. The van der Waals surface area contributed by atoms with Gasteiger partial charge in [-0.2, -0.15) is 0 Å². The molecule has 4 amide bonds. The van der Waals surface area contributed by atoms with E-state index < -0.39 is 66.8 Å².